The van der Waals surface area contributed by atoms with Gasteiger partial charge >= 0.3 is 0 Å². The van der Waals surface area contributed by atoms with E-state index in [1.54, 1.807) is 0 Å². The Labute approximate surface area is 190 Å². The Bertz CT molecular complexity index is 1160. The van der Waals surface area contributed by atoms with Gasteiger partial charge in [-0.2, -0.15) is 0 Å². The summed E-state index contributed by atoms with van der Waals surface area (Å²) in [4.78, 5) is 8.47. The molecule has 32 heavy (non-hydrogen) atoms. The van der Waals surface area contributed by atoms with Gasteiger partial charge in [-0.1, -0.05) is 42.0 Å². The molecule has 1 saturated heterocycles. The van der Waals surface area contributed by atoms with Crippen molar-refractivity contribution >= 4 is 16.6 Å². The molecular formula is C28H31N3O. The van der Waals surface area contributed by atoms with Crippen LogP contribution in [0, 0.1) is 6.92 Å². The molecule has 1 fully saturated rings. The summed E-state index contributed by atoms with van der Waals surface area (Å²) in [5.41, 5.74) is 5.20. The SMILES string of the molecule is Cc1ccc2[nH]cc(CCCN3CCN(c4ccccc4Oc4ccccc4)CC3)c2c1. The van der Waals surface area contributed by atoms with E-state index in [0.29, 0.717) is 0 Å². The molecule has 4 aromatic rings. The summed E-state index contributed by atoms with van der Waals surface area (Å²) >= 11 is 0. The van der Waals surface area contributed by atoms with Gasteiger partial charge in [-0.05, 0) is 68.3 Å². The number of para-hydroxylation sites is 3. The summed E-state index contributed by atoms with van der Waals surface area (Å²) in [6, 6.07) is 25.1. The lowest BCUT2D eigenvalue weighted by Crippen LogP contribution is -2.46. The first-order valence-corrected chi connectivity index (χ1v) is 11.6. The molecule has 4 nitrogen and oxygen atoms in total. The number of benzene rings is 3. The molecule has 0 unspecified atom stereocenters. The Balaban J connectivity index is 1.15. The van der Waals surface area contributed by atoms with E-state index in [1.165, 1.54) is 34.1 Å². The molecule has 0 radical (unpaired) electrons. The number of anilines is 1. The van der Waals surface area contributed by atoms with Gasteiger partial charge in [0.2, 0.25) is 0 Å². The smallest absolute Gasteiger partial charge is 0.150 e. The van der Waals surface area contributed by atoms with Crippen molar-refractivity contribution in [3.63, 3.8) is 0 Å². The first-order valence-electron chi connectivity index (χ1n) is 11.6. The van der Waals surface area contributed by atoms with Crippen molar-refractivity contribution in [3.8, 4) is 11.5 Å². The van der Waals surface area contributed by atoms with Gasteiger partial charge in [0.25, 0.3) is 0 Å². The van der Waals surface area contributed by atoms with Crippen LogP contribution in [0.5, 0.6) is 11.5 Å². The molecule has 0 aliphatic carbocycles. The predicted molar refractivity (Wildman–Crippen MR) is 133 cm³/mol. The number of H-pyrrole nitrogens is 1. The van der Waals surface area contributed by atoms with E-state index in [9.17, 15) is 0 Å². The number of piperazine rings is 1. The molecule has 0 amide bonds. The highest BCUT2D eigenvalue weighted by Gasteiger charge is 2.19. The lowest BCUT2D eigenvalue weighted by atomic mass is 10.1. The highest BCUT2D eigenvalue weighted by molar-refractivity contribution is 5.83. The van der Waals surface area contributed by atoms with Gasteiger partial charge in [-0.15, -0.1) is 0 Å². The predicted octanol–water partition coefficient (Wildman–Crippen LogP) is 6.02. The van der Waals surface area contributed by atoms with Crippen LogP contribution in [0.2, 0.25) is 0 Å². The van der Waals surface area contributed by atoms with Gasteiger partial charge in [-0.25, -0.2) is 0 Å². The van der Waals surface area contributed by atoms with Gasteiger partial charge < -0.3 is 14.6 Å². The number of aromatic nitrogens is 1. The summed E-state index contributed by atoms with van der Waals surface area (Å²) in [5.74, 6) is 1.81. The molecule has 1 aliphatic heterocycles. The first-order chi connectivity index (χ1) is 15.8. The minimum atomic E-state index is 0.881. The van der Waals surface area contributed by atoms with Crippen LogP contribution < -0.4 is 9.64 Å². The maximum Gasteiger partial charge on any atom is 0.150 e. The normalized spacial score (nSPS) is 14.7. The van der Waals surface area contributed by atoms with Crippen LogP contribution in [0.15, 0.2) is 79.0 Å². The average Bonchev–Trinajstić information content (AvgIpc) is 3.23. The number of hydrogen-bond donors (Lipinski definition) is 1. The quantitative estimate of drug-likeness (QED) is 0.393. The molecular weight excluding hydrogens is 394 g/mol. The number of aryl methyl sites for hydroxylation is 2. The molecule has 164 valence electrons. The van der Waals surface area contributed by atoms with Crippen molar-refractivity contribution in [2.45, 2.75) is 19.8 Å². The third kappa shape index (κ3) is 4.66. The Kier molecular flexibility index (Phi) is 6.13. The van der Waals surface area contributed by atoms with Crippen LogP contribution in [-0.2, 0) is 6.42 Å². The molecule has 5 rings (SSSR count). The maximum atomic E-state index is 6.18. The van der Waals surface area contributed by atoms with Crippen molar-refractivity contribution in [1.29, 1.82) is 0 Å². The lowest BCUT2D eigenvalue weighted by molar-refractivity contribution is 0.254. The molecule has 0 bridgehead atoms. The summed E-state index contributed by atoms with van der Waals surface area (Å²) in [5, 5.41) is 1.38. The van der Waals surface area contributed by atoms with E-state index in [-0.39, 0.29) is 0 Å². The number of fused-ring (bicyclic) bond motifs is 1. The van der Waals surface area contributed by atoms with Crippen LogP contribution in [0.3, 0.4) is 0 Å². The zero-order valence-electron chi connectivity index (χ0n) is 18.8. The van der Waals surface area contributed by atoms with Crippen molar-refractivity contribution in [2.75, 3.05) is 37.6 Å². The third-order valence-corrected chi connectivity index (χ3v) is 6.39. The van der Waals surface area contributed by atoms with Crippen molar-refractivity contribution in [2.24, 2.45) is 0 Å². The third-order valence-electron chi connectivity index (χ3n) is 6.39. The minimum absolute atomic E-state index is 0.881. The minimum Gasteiger partial charge on any atom is -0.455 e. The standard InChI is InChI=1S/C28H31N3O/c1-22-13-14-26-25(20-22)23(21-29-26)8-7-15-30-16-18-31(19-17-30)27-11-5-6-12-28(27)32-24-9-3-2-4-10-24/h2-6,9-14,20-21,29H,7-8,15-19H2,1H3. The highest BCUT2D eigenvalue weighted by atomic mass is 16.5. The van der Waals surface area contributed by atoms with E-state index in [4.69, 9.17) is 4.74 Å². The molecule has 1 aliphatic rings. The molecule has 1 aromatic heterocycles. The number of rotatable bonds is 7. The van der Waals surface area contributed by atoms with Crippen molar-refractivity contribution in [3.05, 3.63) is 90.1 Å². The van der Waals surface area contributed by atoms with Gasteiger partial charge in [0.15, 0.2) is 5.75 Å². The fourth-order valence-electron chi connectivity index (χ4n) is 4.62. The monoisotopic (exact) mass is 425 g/mol. The largest absolute Gasteiger partial charge is 0.455 e. The van der Waals surface area contributed by atoms with Crippen molar-refractivity contribution in [1.82, 2.24) is 9.88 Å². The number of hydrogen-bond acceptors (Lipinski definition) is 3. The van der Waals surface area contributed by atoms with E-state index >= 15 is 0 Å². The van der Waals surface area contributed by atoms with Crippen molar-refractivity contribution < 1.29 is 4.74 Å². The Morgan fingerprint density at radius 3 is 2.50 bits per heavy atom. The zero-order valence-corrected chi connectivity index (χ0v) is 18.8. The number of aromatic amines is 1. The molecule has 4 heteroatoms. The van der Waals surface area contributed by atoms with Crippen LogP contribution >= 0.6 is 0 Å². The lowest BCUT2D eigenvalue weighted by Gasteiger charge is -2.36. The number of nitrogens with one attached hydrogen (secondary N) is 1. The first kappa shape index (κ1) is 20.7. The molecule has 0 atom stereocenters. The van der Waals surface area contributed by atoms with Crippen LogP contribution in [0.25, 0.3) is 10.9 Å². The fraction of sp³-hybridized carbons (Fsp3) is 0.286. The second-order valence-electron chi connectivity index (χ2n) is 8.68. The van der Waals surface area contributed by atoms with E-state index in [1.807, 2.05) is 36.4 Å². The number of ether oxygens (including phenoxy) is 1. The molecule has 0 spiro atoms. The van der Waals surface area contributed by atoms with Gasteiger partial charge in [0.1, 0.15) is 5.75 Å². The second kappa shape index (κ2) is 9.49. The van der Waals surface area contributed by atoms with Crippen LogP contribution in [0.1, 0.15) is 17.5 Å². The second-order valence-corrected chi connectivity index (χ2v) is 8.68. The summed E-state index contributed by atoms with van der Waals surface area (Å²) in [6.07, 6.45) is 4.50. The molecule has 2 heterocycles. The average molecular weight is 426 g/mol. The Hall–Kier alpha value is -3.24. The van der Waals surface area contributed by atoms with Gasteiger partial charge in [0.05, 0.1) is 5.69 Å². The van der Waals surface area contributed by atoms with Crippen LogP contribution in [-0.4, -0.2) is 42.6 Å². The van der Waals surface area contributed by atoms with E-state index in [2.05, 4.69) is 64.3 Å². The highest BCUT2D eigenvalue weighted by Crippen LogP contribution is 2.32. The van der Waals surface area contributed by atoms with Crippen LogP contribution in [0.4, 0.5) is 5.69 Å². The van der Waals surface area contributed by atoms with E-state index < -0.39 is 0 Å². The topological polar surface area (TPSA) is 31.5 Å². The summed E-state index contributed by atoms with van der Waals surface area (Å²) in [6.45, 7) is 7.55. The summed E-state index contributed by atoms with van der Waals surface area (Å²) < 4.78 is 6.18. The molecule has 3 aromatic carbocycles. The number of nitrogens with zero attached hydrogens (tertiary/aromatic N) is 2. The Morgan fingerprint density at radius 1 is 0.875 bits per heavy atom. The molecule has 1 N–H and O–H groups in total. The van der Waals surface area contributed by atoms with Gasteiger partial charge in [0, 0.05) is 43.3 Å². The Morgan fingerprint density at radius 2 is 1.66 bits per heavy atom. The maximum absolute atomic E-state index is 6.18. The summed E-state index contributed by atoms with van der Waals surface area (Å²) in [7, 11) is 0. The zero-order chi connectivity index (χ0) is 21.8. The fourth-order valence-corrected chi connectivity index (χ4v) is 4.62. The van der Waals surface area contributed by atoms with E-state index in [0.717, 1.165) is 50.6 Å². The molecule has 0 saturated carbocycles. The van der Waals surface area contributed by atoms with Gasteiger partial charge in [-0.3, -0.25) is 4.90 Å².